The number of nitro groups is 1. The van der Waals surface area contributed by atoms with Crippen molar-refractivity contribution < 1.29 is 18.1 Å². The van der Waals surface area contributed by atoms with Gasteiger partial charge >= 0.3 is 0 Å². The Labute approximate surface area is 175 Å². The maximum Gasteiger partial charge on any atom is 0.269 e. The van der Waals surface area contributed by atoms with Crippen molar-refractivity contribution in [2.75, 3.05) is 10.8 Å². The molecule has 0 fully saturated rings. The third-order valence-electron chi connectivity index (χ3n) is 4.30. The molecule has 7 nitrogen and oxygen atoms in total. The summed E-state index contributed by atoms with van der Waals surface area (Å²) in [4.78, 5) is 10.2. The number of sulfonamides is 1. The summed E-state index contributed by atoms with van der Waals surface area (Å²) in [6.45, 7) is 4.08. The first-order valence-corrected chi connectivity index (χ1v) is 10.5. The van der Waals surface area contributed by atoms with Crippen LogP contribution in [-0.2, 0) is 16.6 Å². The fraction of sp³-hybridized carbons (Fsp3) is 0.0909. The van der Waals surface area contributed by atoms with Gasteiger partial charge in [0.15, 0.2) is 0 Å². The van der Waals surface area contributed by atoms with E-state index >= 15 is 0 Å². The SMILES string of the molecule is C=CCN(c1ccc(OCc2ccccc2)cc1)S(=O)(=O)c1ccc([N+](=O)[O-])cc1. The summed E-state index contributed by atoms with van der Waals surface area (Å²) < 4.78 is 33.1. The molecule has 0 saturated heterocycles. The zero-order chi connectivity index (χ0) is 21.6. The molecule has 0 atom stereocenters. The van der Waals surface area contributed by atoms with Crippen molar-refractivity contribution >= 4 is 21.4 Å². The van der Waals surface area contributed by atoms with E-state index in [-0.39, 0.29) is 17.1 Å². The number of nitrogens with zero attached hydrogens (tertiary/aromatic N) is 2. The molecule has 3 aromatic carbocycles. The van der Waals surface area contributed by atoms with E-state index in [4.69, 9.17) is 4.74 Å². The van der Waals surface area contributed by atoms with Gasteiger partial charge in [-0.15, -0.1) is 6.58 Å². The maximum atomic E-state index is 13.1. The fourth-order valence-electron chi connectivity index (χ4n) is 2.78. The third-order valence-corrected chi connectivity index (χ3v) is 6.11. The molecule has 0 amide bonds. The molecule has 0 unspecified atom stereocenters. The number of non-ortho nitro benzene ring substituents is 1. The summed E-state index contributed by atoms with van der Waals surface area (Å²) in [5.74, 6) is 0.605. The Morgan fingerprint density at radius 3 is 2.17 bits per heavy atom. The maximum absolute atomic E-state index is 13.1. The zero-order valence-corrected chi connectivity index (χ0v) is 16.9. The van der Waals surface area contributed by atoms with Gasteiger partial charge in [-0.25, -0.2) is 8.42 Å². The monoisotopic (exact) mass is 424 g/mol. The minimum atomic E-state index is -3.93. The molecule has 0 heterocycles. The fourth-order valence-corrected chi connectivity index (χ4v) is 4.21. The summed E-state index contributed by atoms with van der Waals surface area (Å²) in [6, 6.07) is 21.2. The molecular weight excluding hydrogens is 404 g/mol. The van der Waals surface area contributed by atoms with Crippen LogP contribution in [0, 0.1) is 10.1 Å². The van der Waals surface area contributed by atoms with Crippen molar-refractivity contribution in [2.45, 2.75) is 11.5 Å². The van der Waals surface area contributed by atoms with Gasteiger partial charge in [-0.05, 0) is 42.0 Å². The van der Waals surface area contributed by atoms with Crippen molar-refractivity contribution in [3.05, 3.63) is 107 Å². The van der Waals surface area contributed by atoms with Crippen LogP contribution in [0.3, 0.4) is 0 Å². The molecule has 0 spiro atoms. The molecule has 0 radical (unpaired) electrons. The summed E-state index contributed by atoms with van der Waals surface area (Å²) >= 11 is 0. The Hall–Kier alpha value is -3.65. The topological polar surface area (TPSA) is 89.8 Å². The van der Waals surface area contributed by atoms with E-state index < -0.39 is 14.9 Å². The van der Waals surface area contributed by atoms with E-state index in [1.54, 1.807) is 24.3 Å². The Morgan fingerprint density at radius 1 is 0.967 bits per heavy atom. The van der Waals surface area contributed by atoms with Crippen LogP contribution < -0.4 is 9.04 Å². The van der Waals surface area contributed by atoms with Gasteiger partial charge in [-0.2, -0.15) is 0 Å². The standard InChI is InChI=1S/C22H20N2O5S/c1-2-16-23(30(27,28)22-14-10-20(11-15-22)24(25)26)19-8-12-21(13-9-19)29-17-18-6-4-3-5-7-18/h2-15H,1,16-17H2. The molecule has 0 saturated carbocycles. The highest BCUT2D eigenvalue weighted by atomic mass is 32.2. The van der Waals surface area contributed by atoms with Crippen molar-refractivity contribution in [3.8, 4) is 5.75 Å². The highest BCUT2D eigenvalue weighted by Crippen LogP contribution is 2.27. The highest BCUT2D eigenvalue weighted by molar-refractivity contribution is 7.92. The van der Waals surface area contributed by atoms with Crippen molar-refractivity contribution in [1.29, 1.82) is 0 Å². The van der Waals surface area contributed by atoms with E-state index in [9.17, 15) is 18.5 Å². The second-order valence-corrected chi connectivity index (χ2v) is 8.21. The average molecular weight is 424 g/mol. The molecule has 3 aromatic rings. The second-order valence-electron chi connectivity index (χ2n) is 6.34. The lowest BCUT2D eigenvalue weighted by Crippen LogP contribution is -2.31. The first kappa shape index (κ1) is 21.1. The average Bonchev–Trinajstić information content (AvgIpc) is 2.77. The molecule has 0 bridgehead atoms. The number of anilines is 1. The Kier molecular flexibility index (Phi) is 6.48. The molecule has 3 rings (SSSR count). The van der Waals surface area contributed by atoms with E-state index in [2.05, 4.69) is 6.58 Å². The molecule has 0 aliphatic rings. The van der Waals surface area contributed by atoms with Crippen LogP contribution in [0.5, 0.6) is 5.75 Å². The van der Waals surface area contributed by atoms with Crippen LogP contribution in [0.15, 0.2) is 96.4 Å². The van der Waals surface area contributed by atoms with Gasteiger partial charge in [0.2, 0.25) is 0 Å². The van der Waals surface area contributed by atoms with Crippen molar-refractivity contribution in [1.82, 2.24) is 0 Å². The predicted molar refractivity (Wildman–Crippen MR) is 115 cm³/mol. The van der Waals surface area contributed by atoms with Gasteiger partial charge in [-0.1, -0.05) is 36.4 Å². The lowest BCUT2D eigenvalue weighted by atomic mass is 10.2. The number of rotatable bonds is 9. The third kappa shape index (κ3) is 4.84. The summed E-state index contributed by atoms with van der Waals surface area (Å²) in [7, 11) is -3.93. The Bertz CT molecular complexity index is 1110. The Morgan fingerprint density at radius 2 is 1.60 bits per heavy atom. The van der Waals surface area contributed by atoms with Gasteiger partial charge in [0.05, 0.1) is 22.1 Å². The summed E-state index contributed by atoms with van der Waals surface area (Å²) in [6.07, 6.45) is 1.47. The molecule has 0 aromatic heterocycles. The number of ether oxygens (including phenoxy) is 1. The molecule has 0 aliphatic carbocycles. The van der Waals surface area contributed by atoms with Crippen molar-refractivity contribution in [3.63, 3.8) is 0 Å². The van der Waals surface area contributed by atoms with Crippen molar-refractivity contribution in [2.24, 2.45) is 0 Å². The van der Waals surface area contributed by atoms with Crippen LogP contribution in [0.1, 0.15) is 5.56 Å². The lowest BCUT2D eigenvalue weighted by Gasteiger charge is -2.23. The number of nitro benzene ring substituents is 1. The smallest absolute Gasteiger partial charge is 0.269 e. The summed E-state index contributed by atoms with van der Waals surface area (Å²) in [5, 5.41) is 10.8. The number of benzene rings is 3. The minimum Gasteiger partial charge on any atom is -0.489 e. The largest absolute Gasteiger partial charge is 0.489 e. The minimum absolute atomic E-state index is 0.0423. The highest BCUT2D eigenvalue weighted by Gasteiger charge is 2.24. The molecular formula is C22H20N2O5S. The van der Waals surface area contributed by atoms with E-state index in [1.807, 2.05) is 30.3 Å². The predicted octanol–water partition coefficient (Wildman–Crippen LogP) is 4.56. The van der Waals surface area contributed by atoms with E-state index in [1.165, 1.54) is 34.6 Å². The van der Waals surface area contributed by atoms with Gasteiger partial charge in [0.1, 0.15) is 12.4 Å². The second kappa shape index (κ2) is 9.23. The van der Waals surface area contributed by atoms with Crippen LogP contribution in [0.4, 0.5) is 11.4 Å². The molecule has 30 heavy (non-hydrogen) atoms. The molecule has 0 aliphatic heterocycles. The molecule has 154 valence electrons. The number of hydrogen-bond acceptors (Lipinski definition) is 5. The Balaban J connectivity index is 1.81. The number of hydrogen-bond donors (Lipinski definition) is 0. The van der Waals surface area contributed by atoms with Gasteiger partial charge in [0, 0.05) is 12.1 Å². The first-order valence-electron chi connectivity index (χ1n) is 9.06. The zero-order valence-electron chi connectivity index (χ0n) is 16.0. The van der Waals surface area contributed by atoms with E-state index in [0.717, 1.165) is 5.56 Å². The van der Waals surface area contributed by atoms with Crippen LogP contribution in [0.25, 0.3) is 0 Å². The van der Waals surface area contributed by atoms with Gasteiger partial charge < -0.3 is 4.74 Å². The summed E-state index contributed by atoms with van der Waals surface area (Å²) in [5.41, 5.74) is 1.28. The lowest BCUT2D eigenvalue weighted by molar-refractivity contribution is -0.384. The van der Waals surface area contributed by atoms with Crippen LogP contribution >= 0.6 is 0 Å². The van der Waals surface area contributed by atoms with Crippen LogP contribution in [-0.4, -0.2) is 19.9 Å². The quantitative estimate of drug-likeness (QED) is 0.285. The first-order chi connectivity index (χ1) is 14.4. The van der Waals surface area contributed by atoms with Crippen LogP contribution in [0.2, 0.25) is 0 Å². The normalized spacial score (nSPS) is 10.9. The van der Waals surface area contributed by atoms with Gasteiger partial charge in [0.25, 0.3) is 15.7 Å². The van der Waals surface area contributed by atoms with E-state index in [0.29, 0.717) is 18.0 Å². The van der Waals surface area contributed by atoms with Gasteiger partial charge in [-0.3, -0.25) is 14.4 Å². The molecule has 8 heteroatoms. The molecule has 0 N–H and O–H groups in total.